The van der Waals surface area contributed by atoms with Gasteiger partial charge in [0.15, 0.2) is 5.96 Å². The predicted octanol–water partition coefficient (Wildman–Crippen LogP) is 2.36. The fraction of sp³-hybridized carbons (Fsp3) is 0.579. The van der Waals surface area contributed by atoms with Crippen LogP contribution in [0.15, 0.2) is 23.2 Å². The maximum absolute atomic E-state index is 11.6. The first-order chi connectivity index (χ1) is 12.0. The monoisotopic (exact) mass is 348 g/mol. The van der Waals surface area contributed by atoms with Crippen molar-refractivity contribution in [1.82, 2.24) is 16.0 Å². The summed E-state index contributed by atoms with van der Waals surface area (Å²) in [5.41, 5.74) is 2.24. The van der Waals surface area contributed by atoms with Gasteiger partial charge in [0.05, 0.1) is 6.10 Å². The standard InChI is InChI=1S/C19H32N4O2/c1-6-10-21-18(24)9-11-22-19(20-5)23-13-16-8-7-15(4)12-17(16)25-14(2)3/h7-8,12,14H,6,9-11,13H2,1-5H3,(H,21,24)(H2,20,22,23). The zero-order valence-electron chi connectivity index (χ0n) is 16.1. The van der Waals surface area contributed by atoms with Crippen molar-refractivity contribution in [3.05, 3.63) is 29.3 Å². The number of hydrogen-bond donors (Lipinski definition) is 3. The highest BCUT2D eigenvalue weighted by Gasteiger charge is 2.08. The fourth-order valence-corrected chi connectivity index (χ4v) is 2.22. The van der Waals surface area contributed by atoms with Gasteiger partial charge in [-0.2, -0.15) is 0 Å². The summed E-state index contributed by atoms with van der Waals surface area (Å²) in [6.45, 7) is 9.98. The Morgan fingerprint density at radius 3 is 2.60 bits per heavy atom. The van der Waals surface area contributed by atoms with Gasteiger partial charge >= 0.3 is 0 Å². The van der Waals surface area contributed by atoms with E-state index in [-0.39, 0.29) is 12.0 Å². The summed E-state index contributed by atoms with van der Waals surface area (Å²) in [6.07, 6.45) is 1.49. The van der Waals surface area contributed by atoms with Crippen LogP contribution < -0.4 is 20.7 Å². The van der Waals surface area contributed by atoms with E-state index in [0.717, 1.165) is 24.3 Å². The Kier molecular flexibility index (Phi) is 9.43. The molecule has 0 saturated carbocycles. The summed E-state index contributed by atoms with van der Waals surface area (Å²) in [6, 6.07) is 6.18. The molecule has 0 aliphatic heterocycles. The Hall–Kier alpha value is -2.24. The van der Waals surface area contributed by atoms with Crippen molar-refractivity contribution in [2.75, 3.05) is 20.1 Å². The highest BCUT2D eigenvalue weighted by Crippen LogP contribution is 2.21. The third kappa shape index (κ3) is 8.42. The molecule has 140 valence electrons. The van der Waals surface area contributed by atoms with Gasteiger partial charge in [0.1, 0.15) is 5.75 Å². The van der Waals surface area contributed by atoms with E-state index < -0.39 is 0 Å². The molecule has 1 amide bonds. The van der Waals surface area contributed by atoms with E-state index in [1.54, 1.807) is 7.05 Å². The van der Waals surface area contributed by atoms with Crippen LogP contribution in [0.5, 0.6) is 5.75 Å². The van der Waals surface area contributed by atoms with Crippen molar-refractivity contribution in [1.29, 1.82) is 0 Å². The van der Waals surface area contributed by atoms with Gasteiger partial charge in [0.2, 0.25) is 5.91 Å². The van der Waals surface area contributed by atoms with E-state index in [2.05, 4.69) is 40.0 Å². The van der Waals surface area contributed by atoms with Crippen LogP contribution in [0, 0.1) is 6.92 Å². The van der Waals surface area contributed by atoms with Gasteiger partial charge < -0.3 is 20.7 Å². The third-order valence-corrected chi connectivity index (χ3v) is 3.47. The smallest absolute Gasteiger partial charge is 0.221 e. The molecule has 25 heavy (non-hydrogen) atoms. The number of nitrogens with one attached hydrogen (secondary N) is 3. The third-order valence-electron chi connectivity index (χ3n) is 3.47. The summed E-state index contributed by atoms with van der Waals surface area (Å²) >= 11 is 0. The van der Waals surface area contributed by atoms with Gasteiger partial charge in [0, 0.05) is 38.7 Å². The zero-order valence-corrected chi connectivity index (χ0v) is 16.1. The van der Waals surface area contributed by atoms with Crippen LogP contribution in [0.1, 0.15) is 44.7 Å². The minimum Gasteiger partial charge on any atom is -0.491 e. The number of benzene rings is 1. The van der Waals surface area contributed by atoms with Crippen LogP contribution in [0.25, 0.3) is 0 Å². The van der Waals surface area contributed by atoms with Gasteiger partial charge in [-0.15, -0.1) is 0 Å². The van der Waals surface area contributed by atoms with E-state index in [9.17, 15) is 4.79 Å². The number of hydrogen-bond acceptors (Lipinski definition) is 3. The van der Waals surface area contributed by atoms with Crippen molar-refractivity contribution < 1.29 is 9.53 Å². The molecule has 1 rings (SSSR count). The van der Waals surface area contributed by atoms with Gasteiger partial charge in [-0.05, 0) is 38.8 Å². The van der Waals surface area contributed by atoms with E-state index in [1.165, 1.54) is 5.56 Å². The first-order valence-electron chi connectivity index (χ1n) is 8.93. The summed E-state index contributed by atoms with van der Waals surface area (Å²) < 4.78 is 5.89. The SMILES string of the molecule is CCCNC(=O)CCNC(=NC)NCc1ccc(C)cc1OC(C)C. The molecule has 0 heterocycles. The number of carbonyl (C=O) groups excluding carboxylic acids is 1. The Morgan fingerprint density at radius 1 is 1.20 bits per heavy atom. The van der Waals surface area contributed by atoms with Crippen molar-refractivity contribution >= 4 is 11.9 Å². The average molecular weight is 348 g/mol. The normalized spacial score (nSPS) is 11.4. The molecule has 0 saturated heterocycles. The lowest BCUT2D eigenvalue weighted by atomic mass is 10.1. The van der Waals surface area contributed by atoms with Gasteiger partial charge in [-0.3, -0.25) is 9.79 Å². The molecule has 6 heteroatoms. The minimum atomic E-state index is 0.0518. The number of ether oxygens (including phenoxy) is 1. The fourth-order valence-electron chi connectivity index (χ4n) is 2.22. The van der Waals surface area contributed by atoms with Crippen LogP contribution in [0.4, 0.5) is 0 Å². The van der Waals surface area contributed by atoms with Gasteiger partial charge in [-0.1, -0.05) is 19.1 Å². The molecule has 0 fully saturated rings. The molecule has 3 N–H and O–H groups in total. The summed E-state index contributed by atoms with van der Waals surface area (Å²) in [5.74, 6) is 1.60. The average Bonchev–Trinajstić information content (AvgIpc) is 2.56. The Morgan fingerprint density at radius 2 is 1.96 bits per heavy atom. The molecule has 0 spiro atoms. The first-order valence-corrected chi connectivity index (χ1v) is 8.93. The molecule has 1 aromatic rings. The second kappa shape index (κ2) is 11.3. The summed E-state index contributed by atoms with van der Waals surface area (Å²) in [7, 11) is 1.72. The van der Waals surface area contributed by atoms with Crippen LogP contribution in [0.2, 0.25) is 0 Å². The topological polar surface area (TPSA) is 74.8 Å². The van der Waals surface area contributed by atoms with E-state index in [0.29, 0.717) is 25.5 Å². The molecule has 0 atom stereocenters. The second-order valence-corrected chi connectivity index (χ2v) is 6.23. The van der Waals surface area contributed by atoms with Gasteiger partial charge in [-0.25, -0.2) is 0 Å². The number of amides is 1. The molecule has 0 unspecified atom stereocenters. The van der Waals surface area contributed by atoms with Crippen LogP contribution in [0.3, 0.4) is 0 Å². The number of aliphatic imine (C=N–C) groups is 1. The van der Waals surface area contributed by atoms with E-state index in [1.807, 2.05) is 26.8 Å². The predicted molar refractivity (Wildman–Crippen MR) is 103 cm³/mol. The van der Waals surface area contributed by atoms with Crippen LogP contribution >= 0.6 is 0 Å². The molecule has 0 aromatic heterocycles. The number of guanidine groups is 1. The maximum atomic E-state index is 11.6. The second-order valence-electron chi connectivity index (χ2n) is 6.23. The molecule has 6 nitrogen and oxygen atoms in total. The molecule has 0 aliphatic carbocycles. The molecule has 1 aromatic carbocycles. The largest absolute Gasteiger partial charge is 0.491 e. The number of nitrogens with zero attached hydrogens (tertiary/aromatic N) is 1. The lowest BCUT2D eigenvalue weighted by Crippen LogP contribution is -2.39. The first kappa shape index (κ1) is 20.8. The number of rotatable bonds is 9. The quantitative estimate of drug-likeness (QED) is 0.473. The Labute approximate surface area is 151 Å². The van der Waals surface area contributed by atoms with Crippen LogP contribution in [-0.4, -0.2) is 38.1 Å². The van der Waals surface area contributed by atoms with Crippen molar-refractivity contribution in [2.45, 2.75) is 53.2 Å². The Bertz CT molecular complexity index is 571. The summed E-state index contributed by atoms with van der Waals surface area (Å²) in [5, 5.41) is 9.28. The molecule has 0 radical (unpaired) electrons. The Balaban J connectivity index is 2.51. The van der Waals surface area contributed by atoms with Crippen molar-refractivity contribution in [3.8, 4) is 5.75 Å². The lowest BCUT2D eigenvalue weighted by Gasteiger charge is -2.17. The number of aryl methyl sites for hydroxylation is 1. The highest BCUT2D eigenvalue weighted by molar-refractivity contribution is 5.81. The zero-order chi connectivity index (χ0) is 18.7. The molecular formula is C19H32N4O2. The molecule has 0 aliphatic rings. The van der Waals surface area contributed by atoms with Gasteiger partial charge in [0.25, 0.3) is 0 Å². The highest BCUT2D eigenvalue weighted by atomic mass is 16.5. The molecular weight excluding hydrogens is 316 g/mol. The van der Waals surface area contributed by atoms with Crippen LogP contribution in [-0.2, 0) is 11.3 Å². The van der Waals surface area contributed by atoms with E-state index >= 15 is 0 Å². The lowest BCUT2D eigenvalue weighted by molar-refractivity contribution is -0.120. The van der Waals surface area contributed by atoms with Crippen molar-refractivity contribution in [3.63, 3.8) is 0 Å². The van der Waals surface area contributed by atoms with E-state index in [4.69, 9.17) is 4.74 Å². The maximum Gasteiger partial charge on any atom is 0.221 e. The number of carbonyl (C=O) groups is 1. The van der Waals surface area contributed by atoms with Crippen molar-refractivity contribution in [2.24, 2.45) is 4.99 Å². The molecule has 0 bridgehead atoms. The minimum absolute atomic E-state index is 0.0518. The summed E-state index contributed by atoms with van der Waals surface area (Å²) in [4.78, 5) is 15.8.